The van der Waals surface area contributed by atoms with Gasteiger partial charge in [0.05, 0.1) is 55.4 Å². The maximum absolute atomic E-state index is 13.2. The number of esters is 1. The number of hydrogen-bond acceptors (Lipinski definition) is 11. The molecule has 13 nitrogen and oxygen atoms in total. The topological polar surface area (TPSA) is 149 Å². The lowest BCUT2D eigenvalue weighted by Gasteiger charge is -2.19. The molecule has 0 spiro atoms. The Labute approximate surface area is 342 Å². The van der Waals surface area contributed by atoms with E-state index in [1.165, 1.54) is 6.92 Å². The Hall–Kier alpha value is -6.73. The number of rotatable bonds is 13. The molecule has 0 unspecified atom stereocenters. The molecule has 0 bridgehead atoms. The molecule has 2 atom stereocenters. The summed E-state index contributed by atoms with van der Waals surface area (Å²) in [5.74, 6) is 1.48. The molecule has 59 heavy (non-hydrogen) atoms. The Morgan fingerprint density at radius 2 is 1.14 bits per heavy atom. The van der Waals surface area contributed by atoms with Gasteiger partial charge in [-0.2, -0.15) is 0 Å². The first kappa shape index (κ1) is 40.5. The molecule has 0 fully saturated rings. The van der Waals surface area contributed by atoms with E-state index in [0.29, 0.717) is 91.0 Å². The van der Waals surface area contributed by atoms with Gasteiger partial charge in [0.2, 0.25) is 0 Å². The molecular weight excluding hydrogens is 753 g/mol. The zero-order chi connectivity index (χ0) is 41.3. The van der Waals surface area contributed by atoms with Crippen LogP contribution in [0, 0.1) is 0 Å². The summed E-state index contributed by atoms with van der Waals surface area (Å²) in [6.07, 6.45) is 9.76. The van der Waals surface area contributed by atoms with Crippen molar-refractivity contribution in [1.29, 1.82) is 0 Å². The largest absolute Gasteiger partial charge is 0.493 e. The van der Waals surface area contributed by atoms with E-state index >= 15 is 0 Å². The van der Waals surface area contributed by atoms with Crippen LogP contribution in [0.1, 0.15) is 64.4 Å². The fraction of sp³-hybridized carbons (Fsp3) is 0.283. The van der Waals surface area contributed by atoms with Crippen molar-refractivity contribution in [3.8, 4) is 23.0 Å². The van der Waals surface area contributed by atoms with Crippen LogP contribution in [0.4, 0.5) is 11.4 Å². The quantitative estimate of drug-likeness (QED) is 0.136. The highest BCUT2D eigenvalue weighted by molar-refractivity contribution is 6.05. The molecule has 4 aromatic carbocycles. The summed E-state index contributed by atoms with van der Waals surface area (Å²) >= 11 is 0. The lowest BCUT2D eigenvalue weighted by molar-refractivity contribution is -0.140. The number of aliphatic hydroxyl groups excluding tert-OH is 1. The van der Waals surface area contributed by atoms with Gasteiger partial charge in [-0.25, -0.2) is 0 Å². The summed E-state index contributed by atoms with van der Waals surface area (Å²) in [6, 6.07) is 26.3. The maximum atomic E-state index is 13.2. The SMILES string of the molecule is COc1cc2c(cc1OCc1ccccc1)N=C[C@@H]1CC(CCO)=CN1C2=O.COc1cc2c(cc1OCc1ccccc1)N=C[C@@H]1CC(CCOC(C)=O)=CN1C2=O. The maximum Gasteiger partial charge on any atom is 0.302 e. The Morgan fingerprint density at radius 3 is 1.56 bits per heavy atom. The van der Waals surface area contributed by atoms with E-state index in [1.54, 1.807) is 60.7 Å². The molecule has 13 heteroatoms. The summed E-state index contributed by atoms with van der Waals surface area (Å²) < 4.78 is 27.9. The van der Waals surface area contributed by atoms with Crippen molar-refractivity contribution in [2.75, 3.05) is 27.4 Å². The van der Waals surface area contributed by atoms with Gasteiger partial charge in [-0.15, -0.1) is 0 Å². The second-order valence-corrected chi connectivity index (χ2v) is 14.3. The minimum absolute atomic E-state index is 0.0737. The number of amides is 2. The van der Waals surface area contributed by atoms with E-state index < -0.39 is 0 Å². The number of fused-ring (bicyclic) bond motifs is 4. The summed E-state index contributed by atoms with van der Waals surface area (Å²) in [7, 11) is 3.10. The highest BCUT2D eigenvalue weighted by Gasteiger charge is 2.34. The molecule has 0 radical (unpaired) electrons. The second kappa shape index (κ2) is 18.7. The number of carbonyl (C=O) groups excluding carboxylic acids is 3. The predicted molar refractivity (Wildman–Crippen MR) is 222 cm³/mol. The third kappa shape index (κ3) is 9.53. The fourth-order valence-electron chi connectivity index (χ4n) is 7.18. The van der Waals surface area contributed by atoms with E-state index in [0.717, 1.165) is 22.3 Å². The fourth-order valence-corrected chi connectivity index (χ4v) is 7.18. The molecule has 8 rings (SSSR count). The summed E-state index contributed by atoms with van der Waals surface area (Å²) in [6.45, 7) is 2.55. The van der Waals surface area contributed by atoms with Gasteiger partial charge in [0.15, 0.2) is 23.0 Å². The van der Waals surface area contributed by atoms with E-state index in [2.05, 4.69) is 9.98 Å². The zero-order valence-electron chi connectivity index (χ0n) is 33.2. The third-order valence-corrected chi connectivity index (χ3v) is 10.2. The van der Waals surface area contributed by atoms with Gasteiger partial charge in [-0.05, 0) is 53.7 Å². The molecule has 1 N–H and O–H groups in total. The van der Waals surface area contributed by atoms with Crippen LogP contribution in [0.25, 0.3) is 0 Å². The summed E-state index contributed by atoms with van der Waals surface area (Å²) in [5.41, 5.74) is 6.23. The molecule has 4 aliphatic rings. The van der Waals surface area contributed by atoms with Crippen molar-refractivity contribution in [1.82, 2.24) is 9.80 Å². The molecule has 304 valence electrons. The third-order valence-electron chi connectivity index (χ3n) is 10.2. The number of hydrogen-bond donors (Lipinski definition) is 1. The van der Waals surface area contributed by atoms with Crippen LogP contribution in [0.15, 0.2) is 118 Å². The Kier molecular flexibility index (Phi) is 12.8. The number of benzene rings is 4. The Balaban J connectivity index is 0.000000180. The number of aliphatic imine (C=N–C) groups is 2. The molecule has 0 saturated heterocycles. The molecular formula is C46H46N4O9. The second-order valence-electron chi connectivity index (χ2n) is 14.3. The molecule has 0 saturated carbocycles. The van der Waals surface area contributed by atoms with Gasteiger partial charge in [-0.1, -0.05) is 60.7 Å². The summed E-state index contributed by atoms with van der Waals surface area (Å²) in [4.78, 5) is 49.7. The molecule has 2 amide bonds. The number of nitrogens with zero attached hydrogens (tertiary/aromatic N) is 4. The molecule has 0 aliphatic carbocycles. The predicted octanol–water partition coefficient (Wildman–Crippen LogP) is 7.51. The Bertz CT molecular complexity index is 2310. The minimum Gasteiger partial charge on any atom is -0.493 e. The van der Waals surface area contributed by atoms with Crippen LogP contribution < -0.4 is 18.9 Å². The number of carbonyl (C=O) groups is 3. The van der Waals surface area contributed by atoms with Gasteiger partial charge in [0, 0.05) is 56.9 Å². The lowest BCUT2D eigenvalue weighted by Crippen LogP contribution is -2.32. The average molecular weight is 799 g/mol. The minimum atomic E-state index is -0.308. The van der Waals surface area contributed by atoms with Gasteiger partial charge < -0.3 is 38.6 Å². The van der Waals surface area contributed by atoms with Gasteiger partial charge in [0.1, 0.15) is 13.2 Å². The van der Waals surface area contributed by atoms with Crippen molar-refractivity contribution in [2.24, 2.45) is 9.98 Å². The van der Waals surface area contributed by atoms with E-state index in [9.17, 15) is 14.4 Å². The van der Waals surface area contributed by atoms with Crippen LogP contribution in [-0.2, 0) is 22.7 Å². The van der Waals surface area contributed by atoms with Gasteiger partial charge in [0.25, 0.3) is 11.8 Å². The first-order chi connectivity index (χ1) is 28.7. The Morgan fingerprint density at radius 1 is 0.678 bits per heavy atom. The van der Waals surface area contributed by atoms with Crippen molar-refractivity contribution in [2.45, 2.75) is 57.9 Å². The summed E-state index contributed by atoms with van der Waals surface area (Å²) in [5, 5.41) is 9.16. The van der Waals surface area contributed by atoms with Crippen LogP contribution in [0.3, 0.4) is 0 Å². The van der Waals surface area contributed by atoms with E-state index in [1.807, 2.05) is 73.1 Å². The van der Waals surface area contributed by atoms with Gasteiger partial charge in [-0.3, -0.25) is 24.4 Å². The van der Waals surface area contributed by atoms with Crippen LogP contribution in [-0.4, -0.2) is 84.6 Å². The number of aliphatic hydroxyl groups is 1. The normalized spacial score (nSPS) is 17.2. The van der Waals surface area contributed by atoms with Crippen molar-refractivity contribution in [3.05, 3.63) is 131 Å². The van der Waals surface area contributed by atoms with Crippen LogP contribution >= 0.6 is 0 Å². The first-order valence-electron chi connectivity index (χ1n) is 19.4. The first-order valence-corrected chi connectivity index (χ1v) is 19.4. The highest BCUT2D eigenvalue weighted by atomic mass is 16.5. The van der Waals surface area contributed by atoms with Crippen LogP contribution in [0.2, 0.25) is 0 Å². The molecule has 0 aromatic heterocycles. The van der Waals surface area contributed by atoms with Crippen molar-refractivity contribution < 1.29 is 43.2 Å². The van der Waals surface area contributed by atoms with Crippen molar-refractivity contribution in [3.63, 3.8) is 0 Å². The van der Waals surface area contributed by atoms with E-state index in [4.69, 9.17) is 28.8 Å². The smallest absolute Gasteiger partial charge is 0.302 e. The lowest BCUT2D eigenvalue weighted by atomic mass is 10.1. The number of methoxy groups -OCH3 is 2. The monoisotopic (exact) mass is 798 g/mol. The van der Waals surface area contributed by atoms with Crippen LogP contribution in [0.5, 0.6) is 23.0 Å². The van der Waals surface area contributed by atoms with E-state index in [-0.39, 0.29) is 36.5 Å². The average Bonchev–Trinajstić information content (AvgIpc) is 3.81. The van der Waals surface area contributed by atoms with Crippen molar-refractivity contribution >= 4 is 41.6 Å². The van der Waals surface area contributed by atoms with Gasteiger partial charge >= 0.3 is 5.97 Å². The zero-order valence-corrected chi connectivity index (χ0v) is 33.2. The molecule has 4 aromatic rings. The highest BCUT2D eigenvalue weighted by Crippen LogP contribution is 2.40. The molecule has 4 heterocycles. The molecule has 4 aliphatic heterocycles. The number of ether oxygens (including phenoxy) is 5. The standard InChI is InChI=1S/C24H24N2O5.C22H22N2O4/c1-16(27)30-9-8-18-10-19-13-25-21-12-23(31-15-17-6-4-3-5-7-17)22(29-2)11-20(21)24(28)26(19)14-18;1-27-20-10-18-19(11-21(20)28-14-15-5-3-2-4-6-15)23-12-17-9-16(7-8-25)13-24(17)22(18)26/h3-7,11-14,19H,8-10,15H2,1-2H3;2-6,10-13,17,25H,7-9,14H2,1H3/t19-;17-/m00/s1.